The maximum Gasteiger partial charge on any atom is 0.257 e. The van der Waals surface area contributed by atoms with Crippen LogP contribution in [-0.4, -0.2) is 30.1 Å². The van der Waals surface area contributed by atoms with E-state index in [2.05, 4.69) is 29.8 Å². The summed E-state index contributed by atoms with van der Waals surface area (Å²) in [5.74, 6) is 0.890. The van der Waals surface area contributed by atoms with Crippen molar-refractivity contribution in [1.82, 2.24) is 10.6 Å². The first-order valence-corrected chi connectivity index (χ1v) is 10.5. The maximum absolute atomic E-state index is 12.4. The Balaban J connectivity index is 1.84. The van der Waals surface area contributed by atoms with E-state index in [4.69, 9.17) is 17.0 Å². The summed E-state index contributed by atoms with van der Waals surface area (Å²) in [6.45, 7) is 7.58. The van der Waals surface area contributed by atoms with E-state index in [0.717, 1.165) is 18.6 Å². The van der Waals surface area contributed by atoms with Gasteiger partial charge in [-0.2, -0.15) is 0 Å². The summed E-state index contributed by atoms with van der Waals surface area (Å²) in [5, 5.41) is 8.60. The fourth-order valence-corrected chi connectivity index (χ4v) is 2.71. The Morgan fingerprint density at radius 1 is 0.967 bits per heavy atom. The molecule has 3 N–H and O–H groups in total. The number of benzene rings is 2. The van der Waals surface area contributed by atoms with Crippen LogP contribution in [0.4, 0.5) is 5.69 Å². The van der Waals surface area contributed by atoms with Gasteiger partial charge in [-0.1, -0.05) is 20.8 Å². The van der Waals surface area contributed by atoms with Crippen LogP contribution >= 0.6 is 12.2 Å². The van der Waals surface area contributed by atoms with Crippen LogP contribution in [0.15, 0.2) is 48.5 Å². The van der Waals surface area contributed by atoms with E-state index in [0.29, 0.717) is 35.9 Å². The fraction of sp³-hybridized carbons (Fsp3) is 0.348. The molecule has 0 saturated heterocycles. The van der Waals surface area contributed by atoms with Gasteiger partial charge in [0.15, 0.2) is 5.11 Å². The number of anilines is 1. The second-order valence-electron chi connectivity index (χ2n) is 7.30. The Morgan fingerprint density at radius 3 is 2.17 bits per heavy atom. The number of nitrogens with one attached hydrogen (secondary N) is 3. The van der Waals surface area contributed by atoms with Crippen molar-refractivity contribution < 1.29 is 14.3 Å². The Labute approximate surface area is 183 Å². The van der Waals surface area contributed by atoms with Crippen LogP contribution in [-0.2, 0) is 0 Å². The summed E-state index contributed by atoms with van der Waals surface area (Å²) in [4.78, 5) is 24.3. The first-order valence-electron chi connectivity index (χ1n) is 10.1. The molecule has 30 heavy (non-hydrogen) atoms. The minimum atomic E-state index is -0.309. The molecular weight excluding hydrogens is 398 g/mol. The Kier molecular flexibility index (Phi) is 9.28. The zero-order chi connectivity index (χ0) is 21.9. The molecule has 6 nitrogen and oxygen atoms in total. The van der Waals surface area contributed by atoms with Gasteiger partial charge in [-0.25, -0.2) is 0 Å². The summed E-state index contributed by atoms with van der Waals surface area (Å²) in [6.07, 6.45) is 1.86. The highest BCUT2D eigenvalue weighted by Crippen LogP contribution is 2.14. The lowest BCUT2D eigenvalue weighted by Gasteiger charge is -2.11. The van der Waals surface area contributed by atoms with Gasteiger partial charge in [0.2, 0.25) is 0 Å². The Bertz CT molecular complexity index is 849. The highest BCUT2D eigenvalue weighted by atomic mass is 32.1. The molecule has 0 radical (unpaired) electrons. The van der Waals surface area contributed by atoms with Crippen molar-refractivity contribution in [3.63, 3.8) is 0 Å². The van der Waals surface area contributed by atoms with Gasteiger partial charge in [-0.05, 0) is 79.5 Å². The SMILES string of the molecule is CCCNC(=O)c1ccc(NC(=S)NC(=O)c2ccc(OCCC(C)C)cc2)cc1. The van der Waals surface area contributed by atoms with Crippen LogP contribution in [0.25, 0.3) is 0 Å². The molecule has 0 heterocycles. The number of carbonyl (C=O) groups excluding carboxylic acids is 2. The van der Waals surface area contributed by atoms with Crippen LogP contribution in [0.2, 0.25) is 0 Å². The molecule has 0 unspecified atom stereocenters. The summed E-state index contributed by atoms with van der Waals surface area (Å²) < 4.78 is 5.66. The van der Waals surface area contributed by atoms with Crippen molar-refractivity contribution in [1.29, 1.82) is 0 Å². The number of hydrogen-bond donors (Lipinski definition) is 3. The average Bonchev–Trinajstić information content (AvgIpc) is 2.72. The third kappa shape index (κ3) is 7.83. The molecule has 0 bridgehead atoms. The number of amides is 2. The lowest BCUT2D eigenvalue weighted by molar-refractivity contribution is 0.0951. The lowest BCUT2D eigenvalue weighted by atomic mass is 10.1. The normalized spacial score (nSPS) is 10.4. The molecule has 0 aliphatic heterocycles. The molecule has 2 aromatic carbocycles. The molecule has 2 aromatic rings. The maximum atomic E-state index is 12.4. The van der Waals surface area contributed by atoms with Crippen LogP contribution in [0.1, 0.15) is 54.3 Å². The van der Waals surface area contributed by atoms with Gasteiger partial charge in [0.05, 0.1) is 6.61 Å². The third-order valence-corrected chi connectivity index (χ3v) is 4.45. The van der Waals surface area contributed by atoms with Crippen molar-refractivity contribution in [3.8, 4) is 5.75 Å². The molecule has 2 amide bonds. The second kappa shape index (κ2) is 11.9. The average molecular weight is 428 g/mol. The van der Waals surface area contributed by atoms with Crippen molar-refractivity contribution >= 4 is 34.8 Å². The summed E-state index contributed by atoms with van der Waals surface area (Å²) in [7, 11) is 0. The summed E-state index contributed by atoms with van der Waals surface area (Å²) in [5.41, 5.74) is 1.74. The van der Waals surface area contributed by atoms with Crippen molar-refractivity contribution in [2.24, 2.45) is 5.92 Å². The molecule has 160 valence electrons. The monoisotopic (exact) mass is 427 g/mol. The Morgan fingerprint density at radius 2 is 1.57 bits per heavy atom. The van der Waals surface area contributed by atoms with Crippen LogP contribution in [0.3, 0.4) is 0 Å². The fourth-order valence-electron chi connectivity index (χ4n) is 2.50. The van der Waals surface area contributed by atoms with Gasteiger partial charge in [-0.15, -0.1) is 0 Å². The Hall–Kier alpha value is -2.93. The zero-order valence-electron chi connectivity index (χ0n) is 17.7. The summed E-state index contributed by atoms with van der Waals surface area (Å²) in [6, 6.07) is 13.8. The van der Waals surface area contributed by atoms with Crippen molar-refractivity contribution in [3.05, 3.63) is 59.7 Å². The van der Waals surface area contributed by atoms with Crippen LogP contribution in [0, 0.1) is 5.92 Å². The molecule has 0 aliphatic rings. The minimum Gasteiger partial charge on any atom is -0.494 e. The van der Waals surface area contributed by atoms with E-state index in [1.165, 1.54) is 0 Å². The van der Waals surface area contributed by atoms with Gasteiger partial charge in [0.1, 0.15) is 5.75 Å². The van der Waals surface area contributed by atoms with Crippen molar-refractivity contribution in [2.75, 3.05) is 18.5 Å². The highest BCUT2D eigenvalue weighted by molar-refractivity contribution is 7.80. The van der Waals surface area contributed by atoms with E-state index >= 15 is 0 Å². The molecule has 0 saturated carbocycles. The van der Waals surface area contributed by atoms with Crippen LogP contribution in [0.5, 0.6) is 5.75 Å². The highest BCUT2D eigenvalue weighted by Gasteiger charge is 2.09. The third-order valence-electron chi connectivity index (χ3n) is 4.25. The molecule has 0 fully saturated rings. The number of rotatable bonds is 9. The van der Waals surface area contributed by atoms with E-state index in [-0.39, 0.29) is 16.9 Å². The molecule has 0 aliphatic carbocycles. The van der Waals surface area contributed by atoms with Gasteiger partial charge in [0.25, 0.3) is 11.8 Å². The lowest BCUT2D eigenvalue weighted by Crippen LogP contribution is -2.34. The molecular formula is C23H29N3O3S. The topological polar surface area (TPSA) is 79.5 Å². The van der Waals surface area contributed by atoms with Crippen molar-refractivity contribution in [2.45, 2.75) is 33.6 Å². The second-order valence-corrected chi connectivity index (χ2v) is 7.71. The molecule has 2 rings (SSSR count). The quantitative estimate of drug-likeness (QED) is 0.518. The first-order chi connectivity index (χ1) is 14.4. The van der Waals surface area contributed by atoms with E-state index < -0.39 is 0 Å². The number of hydrogen-bond acceptors (Lipinski definition) is 4. The standard InChI is InChI=1S/C23H29N3O3S/c1-4-14-24-21(27)17-5-9-19(10-6-17)25-23(30)26-22(28)18-7-11-20(12-8-18)29-15-13-16(2)3/h5-12,16H,4,13-15H2,1-3H3,(H,24,27)(H2,25,26,28,30). The number of thiocarbonyl (C=S) groups is 1. The minimum absolute atomic E-state index is 0.115. The first kappa shape index (κ1) is 23.3. The van der Waals surface area contributed by atoms with E-state index in [1.54, 1.807) is 48.5 Å². The molecule has 7 heteroatoms. The smallest absolute Gasteiger partial charge is 0.257 e. The molecule has 0 spiro atoms. The van der Waals surface area contributed by atoms with Crippen LogP contribution < -0.4 is 20.7 Å². The van der Waals surface area contributed by atoms with E-state index in [9.17, 15) is 9.59 Å². The number of ether oxygens (including phenoxy) is 1. The van der Waals surface area contributed by atoms with Gasteiger partial charge < -0.3 is 15.4 Å². The van der Waals surface area contributed by atoms with Gasteiger partial charge in [-0.3, -0.25) is 14.9 Å². The van der Waals surface area contributed by atoms with Gasteiger partial charge >= 0.3 is 0 Å². The molecule has 0 aromatic heterocycles. The zero-order valence-corrected chi connectivity index (χ0v) is 18.5. The predicted molar refractivity (Wildman–Crippen MR) is 124 cm³/mol. The largest absolute Gasteiger partial charge is 0.494 e. The molecule has 0 atom stereocenters. The van der Waals surface area contributed by atoms with Gasteiger partial charge in [0, 0.05) is 23.4 Å². The van der Waals surface area contributed by atoms with E-state index in [1.807, 2.05) is 6.92 Å². The predicted octanol–water partition coefficient (Wildman–Crippen LogP) is 4.38. The summed E-state index contributed by atoms with van der Waals surface area (Å²) >= 11 is 5.21. The number of carbonyl (C=O) groups is 2.